The van der Waals surface area contributed by atoms with Crippen molar-refractivity contribution in [2.45, 2.75) is 25.3 Å². The van der Waals surface area contributed by atoms with Crippen molar-refractivity contribution in [2.24, 2.45) is 17.0 Å². The van der Waals surface area contributed by atoms with E-state index in [-0.39, 0.29) is 16.8 Å². The van der Waals surface area contributed by atoms with E-state index < -0.39 is 6.04 Å². The molecule has 2 fully saturated rings. The van der Waals surface area contributed by atoms with Gasteiger partial charge >= 0.3 is 0 Å². The van der Waals surface area contributed by atoms with Crippen LogP contribution in [0.5, 0.6) is 0 Å². The van der Waals surface area contributed by atoms with Crippen molar-refractivity contribution >= 4 is 5.71 Å². The van der Waals surface area contributed by atoms with Crippen molar-refractivity contribution in [2.75, 3.05) is 0 Å². The quantitative estimate of drug-likeness (QED) is 0.360. The molecule has 3 atom stereocenters. The van der Waals surface area contributed by atoms with Crippen LogP contribution in [0.15, 0.2) is 5.16 Å². The maximum atomic E-state index is 10.6. The third-order valence-electron chi connectivity index (χ3n) is 2.98. The summed E-state index contributed by atoms with van der Waals surface area (Å²) in [5, 5.41) is 22.2. The van der Waals surface area contributed by atoms with Crippen LogP contribution in [0.3, 0.4) is 0 Å². The third-order valence-corrected chi connectivity index (χ3v) is 2.98. The molecule has 1 unspecified atom stereocenters. The smallest absolute Gasteiger partial charge is 0.257 e. The highest BCUT2D eigenvalue weighted by molar-refractivity contribution is 5.93. The highest BCUT2D eigenvalue weighted by Crippen LogP contribution is 2.43. The first-order chi connectivity index (χ1) is 5.74. The van der Waals surface area contributed by atoms with Gasteiger partial charge in [0.2, 0.25) is 0 Å². The molecule has 12 heavy (non-hydrogen) atoms. The Morgan fingerprint density at radius 2 is 2.33 bits per heavy atom. The van der Waals surface area contributed by atoms with E-state index >= 15 is 0 Å². The number of fused-ring (bicyclic) bond motifs is 2. The second-order valence-corrected chi connectivity index (χ2v) is 3.53. The minimum Gasteiger partial charge on any atom is -0.411 e. The number of hydrogen-bond acceptors (Lipinski definition) is 4. The molecule has 2 aliphatic rings. The highest BCUT2D eigenvalue weighted by atomic mass is 16.6. The number of nitro groups is 1. The van der Waals surface area contributed by atoms with Gasteiger partial charge in [-0.2, -0.15) is 0 Å². The van der Waals surface area contributed by atoms with Gasteiger partial charge in [0.1, 0.15) is 5.71 Å². The number of hydrogen-bond donors (Lipinski definition) is 1. The Labute approximate surface area is 69.2 Å². The van der Waals surface area contributed by atoms with Crippen LogP contribution < -0.4 is 0 Å². The molecular formula is C7H10N2O3. The average molecular weight is 170 g/mol. The fraction of sp³-hybridized carbons (Fsp3) is 0.857. The number of rotatable bonds is 1. The SMILES string of the molecule is O=[N+]([O-])C1/C(=N\O)[C@H]2CC[C@@H]1C2. The van der Waals surface area contributed by atoms with Crippen molar-refractivity contribution in [3.8, 4) is 0 Å². The summed E-state index contributed by atoms with van der Waals surface area (Å²) in [5.74, 6) is 0.297. The monoisotopic (exact) mass is 170 g/mol. The Kier molecular flexibility index (Phi) is 1.52. The third kappa shape index (κ3) is 0.821. The summed E-state index contributed by atoms with van der Waals surface area (Å²) in [7, 11) is 0. The minimum atomic E-state index is -0.700. The Balaban J connectivity index is 2.28. The standard InChI is InChI=1S/C7H10N2O3/c10-8-6-4-1-2-5(3-4)7(6)9(11)12/h4-5,7,10H,1-3H2/b8-6-/t4-,5+,7?/m0/s1. The largest absolute Gasteiger partial charge is 0.411 e. The molecule has 0 heterocycles. The first kappa shape index (κ1) is 7.52. The Hall–Kier alpha value is -1.13. The molecule has 0 aromatic rings. The van der Waals surface area contributed by atoms with E-state index in [4.69, 9.17) is 5.21 Å². The molecule has 0 aromatic heterocycles. The van der Waals surface area contributed by atoms with E-state index in [0.717, 1.165) is 19.3 Å². The van der Waals surface area contributed by atoms with Gasteiger partial charge in [-0.05, 0) is 19.3 Å². The molecular weight excluding hydrogens is 160 g/mol. The molecule has 1 N–H and O–H groups in total. The topological polar surface area (TPSA) is 75.7 Å². The summed E-state index contributed by atoms with van der Waals surface area (Å²) in [6.45, 7) is 0. The molecule has 0 amide bonds. The number of oxime groups is 1. The van der Waals surface area contributed by atoms with E-state index in [1.165, 1.54) is 0 Å². The molecule has 5 heteroatoms. The molecule has 2 rings (SSSR count). The summed E-state index contributed by atoms with van der Waals surface area (Å²) in [6, 6.07) is -0.700. The van der Waals surface area contributed by atoms with Crippen molar-refractivity contribution < 1.29 is 10.1 Å². The molecule has 0 spiro atoms. The highest BCUT2D eigenvalue weighted by Gasteiger charge is 2.52. The van der Waals surface area contributed by atoms with E-state index in [9.17, 15) is 10.1 Å². The molecule has 0 saturated heterocycles. The van der Waals surface area contributed by atoms with Crippen molar-refractivity contribution in [3.05, 3.63) is 10.1 Å². The average Bonchev–Trinajstić information content (AvgIpc) is 2.60. The Morgan fingerprint density at radius 3 is 2.83 bits per heavy atom. The van der Waals surface area contributed by atoms with E-state index in [0.29, 0.717) is 5.71 Å². The van der Waals surface area contributed by atoms with E-state index in [2.05, 4.69) is 5.16 Å². The van der Waals surface area contributed by atoms with Crippen LogP contribution in [0.25, 0.3) is 0 Å². The second-order valence-electron chi connectivity index (χ2n) is 3.53. The van der Waals surface area contributed by atoms with Gasteiger partial charge in [-0.1, -0.05) is 5.16 Å². The fourth-order valence-electron chi connectivity index (χ4n) is 2.48. The van der Waals surface area contributed by atoms with Crippen LogP contribution in [-0.4, -0.2) is 21.9 Å². The fourth-order valence-corrected chi connectivity index (χ4v) is 2.48. The van der Waals surface area contributed by atoms with E-state index in [1.807, 2.05) is 0 Å². The van der Waals surface area contributed by atoms with Gasteiger partial charge in [0.25, 0.3) is 6.04 Å². The predicted molar refractivity (Wildman–Crippen MR) is 40.8 cm³/mol. The summed E-state index contributed by atoms with van der Waals surface area (Å²) in [5.41, 5.74) is 0.399. The van der Waals surface area contributed by atoms with Gasteiger partial charge in [0.15, 0.2) is 0 Å². The van der Waals surface area contributed by atoms with Gasteiger partial charge in [0.05, 0.1) is 0 Å². The van der Waals surface area contributed by atoms with Crippen LogP contribution in [0.1, 0.15) is 19.3 Å². The molecule has 66 valence electrons. The van der Waals surface area contributed by atoms with Gasteiger partial charge in [0, 0.05) is 16.8 Å². The second kappa shape index (κ2) is 2.43. The Bertz CT molecular complexity index is 251. The minimum absolute atomic E-state index is 0.121. The lowest BCUT2D eigenvalue weighted by molar-refractivity contribution is -0.510. The zero-order chi connectivity index (χ0) is 8.72. The maximum absolute atomic E-state index is 10.6. The summed E-state index contributed by atoms with van der Waals surface area (Å²) in [6.07, 6.45) is 2.70. The lowest BCUT2D eigenvalue weighted by Crippen LogP contribution is -2.35. The molecule has 0 radical (unpaired) electrons. The lowest BCUT2D eigenvalue weighted by Gasteiger charge is -2.14. The molecule has 2 saturated carbocycles. The van der Waals surface area contributed by atoms with Gasteiger partial charge in [-0.25, -0.2) is 0 Å². The van der Waals surface area contributed by atoms with E-state index in [1.54, 1.807) is 0 Å². The first-order valence-electron chi connectivity index (χ1n) is 4.09. The molecule has 0 aromatic carbocycles. The zero-order valence-electron chi connectivity index (χ0n) is 6.51. The normalized spacial score (nSPS) is 42.3. The Morgan fingerprint density at radius 1 is 1.58 bits per heavy atom. The van der Waals surface area contributed by atoms with Gasteiger partial charge in [-0.15, -0.1) is 0 Å². The van der Waals surface area contributed by atoms with Gasteiger partial charge in [-0.3, -0.25) is 10.1 Å². The van der Waals surface area contributed by atoms with Crippen LogP contribution in [0.4, 0.5) is 0 Å². The predicted octanol–water partition coefficient (Wildman–Crippen LogP) is 0.892. The lowest BCUT2D eigenvalue weighted by atomic mass is 9.94. The van der Waals surface area contributed by atoms with Crippen LogP contribution >= 0.6 is 0 Å². The van der Waals surface area contributed by atoms with Crippen LogP contribution in [-0.2, 0) is 0 Å². The van der Waals surface area contributed by atoms with Crippen LogP contribution in [0, 0.1) is 22.0 Å². The first-order valence-corrected chi connectivity index (χ1v) is 4.09. The molecule has 2 aliphatic carbocycles. The molecule has 0 aliphatic heterocycles. The number of nitrogens with zero attached hydrogens (tertiary/aromatic N) is 2. The summed E-state index contributed by atoms with van der Waals surface area (Å²) < 4.78 is 0. The zero-order valence-corrected chi connectivity index (χ0v) is 6.51. The van der Waals surface area contributed by atoms with Crippen molar-refractivity contribution in [1.29, 1.82) is 0 Å². The van der Waals surface area contributed by atoms with Crippen LogP contribution in [0.2, 0.25) is 0 Å². The maximum Gasteiger partial charge on any atom is 0.257 e. The summed E-state index contributed by atoms with van der Waals surface area (Å²) >= 11 is 0. The molecule has 5 nitrogen and oxygen atoms in total. The molecule has 2 bridgehead atoms. The van der Waals surface area contributed by atoms with Crippen molar-refractivity contribution in [1.82, 2.24) is 0 Å². The van der Waals surface area contributed by atoms with Gasteiger partial charge < -0.3 is 5.21 Å². The summed E-state index contributed by atoms with van der Waals surface area (Å²) in [4.78, 5) is 10.3. The van der Waals surface area contributed by atoms with Crippen molar-refractivity contribution in [3.63, 3.8) is 0 Å².